The summed E-state index contributed by atoms with van der Waals surface area (Å²) in [5.74, 6) is 0.0715. The van der Waals surface area contributed by atoms with Crippen molar-refractivity contribution in [2.24, 2.45) is 0 Å². The van der Waals surface area contributed by atoms with Crippen LogP contribution in [0.3, 0.4) is 0 Å². The van der Waals surface area contributed by atoms with Crippen LogP contribution >= 0.6 is 12.4 Å². The monoisotopic (exact) mass is 308 g/mol. The Labute approximate surface area is 128 Å². The Bertz CT molecular complexity index is 585. The van der Waals surface area contributed by atoms with Crippen molar-refractivity contribution >= 4 is 18.3 Å². The van der Waals surface area contributed by atoms with E-state index in [1.165, 1.54) is 6.33 Å². The Kier molecular flexibility index (Phi) is 4.87. The van der Waals surface area contributed by atoms with Crippen LogP contribution in [0.5, 0.6) is 0 Å². The molecule has 2 aromatic rings. The number of tetrazole rings is 1. The first-order valence-corrected chi connectivity index (χ1v) is 6.61. The number of carbonyl (C=O) groups is 1. The number of nitrogens with zero attached hydrogens (tertiary/aromatic N) is 5. The van der Waals surface area contributed by atoms with Crippen LogP contribution in [-0.2, 0) is 0 Å². The number of aromatic nitrogens is 4. The molecule has 21 heavy (non-hydrogen) atoms. The summed E-state index contributed by atoms with van der Waals surface area (Å²) >= 11 is 0. The van der Waals surface area contributed by atoms with Crippen LogP contribution in [0.2, 0.25) is 0 Å². The SMILES string of the molecule is C[C@H]1CNCCN1C(=O)c1ccc(-n2cnnn2)cc1.Cl. The summed E-state index contributed by atoms with van der Waals surface area (Å²) in [7, 11) is 0. The molecule has 1 aliphatic rings. The Morgan fingerprint density at radius 1 is 1.33 bits per heavy atom. The van der Waals surface area contributed by atoms with Crippen molar-refractivity contribution in [2.75, 3.05) is 19.6 Å². The van der Waals surface area contributed by atoms with Gasteiger partial charge in [-0.05, 0) is 41.6 Å². The first-order valence-electron chi connectivity index (χ1n) is 6.61. The molecular formula is C13H17ClN6O. The van der Waals surface area contributed by atoms with Crippen LogP contribution in [0.25, 0.3) is 5.69 Å². The van der Waals surface area contributed by atoms with Crippen molar-refractivity contribution in [1.29, 1.82) is 0 Å². The minimum Gasteiger partial charge on any atom is -0.333 e. The molecule has 0 aliphatic carbocycles. The zero-order chi connectivity index (χ0) is 13.9. The topological polar surface area (TPSA) is 75.9 Å². The second-order valence-electron chi connectivity index (χ2n) is 4.85. The summed E-state index contributed by atoms with van der Waals surface area (Å²) in [4.78, 5) is 14.4. The number of rotatable bonds is 2. The molecule has 1 aromatic heterocycles. The van der Waals surface area contributed by atoms with Gasteiger partial charge < -0.3 is 10.2 Å². The first-order chi connectivity index (χ1) is 9.75. The molecular weight excluding hydrogens is 292 g/mol. The molecule has 7 nitrogen and oxygen atoms in total. The van der Waals surface area contributed by atoms with E-state index < -0.39 is 0 Å². The van der Waals surface area contributed by atoms with Gasteiger partial charge in [0, 0.05) is 31.2 Å². The van der Waals surface area contributed by atoms with Gasteiger partial charge in [0.2, 0.25) is 0 Å². The normalized spacial score (nSPS) is 18.1. The van der Waals surface area contributed by atoms with Gasteiger partial charge in [-0.1, -0.05) is 0 Å². The average Bonchev–Trinajstić information content (AvgIpc) is 3.01. The lowest BCUT2D eigenvalue weighted by molar-refractivity contribution is 0.0656. The fourth-order valence-corrected chi connectivity index (χ4v) is 2.34. The van der Waals surface area contributed by atoms with Crippen LogP contribution in [0.4, 0.5) is 0 Å². The molecule has 1 N–H and O–H groups in total. The lowest BCUT2D eigenvalue weighted by Crippen LogP contribution is -2.52. The van der Waals surface area contributed by atoms with E-state index in [1.54, 1.807) is 4.68 Å². The van der Waals surface area contributed by atoms with E-state index in [0.29, 0.717) is 5.56 Å². The molecule has 1 fully saturated rings. The van der Waals surface area contributed by atoms with E-state index in [4.69, 9.17) is 0 Å². The van der Waals surface area contributed by atoms with Crippen molar-refractivity contribution in [2.45, 2.75) is 13.0 Å². The Morgan fingerprint density at radius 2 is 2.10 bits per heavy atom. The van der Waals surface area contributed by atoms with E-state index in [0.717, 1.165) is 25.3 Å². The molecule has 1 aromatic carbocycles. The molecule has 0 unspecified atom stereocenters. The van der Waals surface area contributed by atoms with Crippen LogP contribution in [-0.4, -0.2) is 56.7 Å². The van der Waals surface area contributed by atoms with Gasteiger partial charge in [-0.2, -0.15) is 0 Å². The van der Waals surface area contributed by atoms with Gasteiger partial charge >= 0.3 is 0 Å². The van der Waals surface area contributed by atoms with Crippen molar-refractivity contribution in [3.63, 3.8) is 0 Å². The molecule has 0 spiro atoms. The number of amides is 1. The standard InChI is InChI=1S/C13H16N6O.ClH/c1-10-8-14-6-7-18(10)13(20)11-2-4-12(5-3-11)19-9-15-16-17-19;/h2-5,9-10,14H,6-8H2,1H3;1H/t10-;/m0./s1. The van der Waals surface area contributed by atoms with Crippen LogP contribution in [0.15, 0.2) is 30.6 Å². The number of piperazine rings is 1. The Balaban J connectivity index is 0.00000161. The zero-order valence-corrected chi connectivity index (χ0v) is 12.5. The van der Waals surface area contributed by atoms with E-state index >= 15 is 0 Å². The van der Waals surface area contributed by atoms with Gasteiger partial charge in [-0.3, -0.25) is 4.79 Å². The summed E-state index contributed by atoms with van der Waals surface area (Å²) in [5.41, 5.74) is 1.52. The third-order valence-corrected chi connectivity index (χ3v) is 3.49. The number of nitrogens with one attached hydrogen (secondary N) is 1. The maximum atomic E-state index is 12.5. The van der Waals surface area contributed by atoms with Crippen LogP contribution < -0.4 is 5.32 Å². The van der Waals surface area contributed by atoms with Crippen molar-refractivity contribution in [3.8, 4) is 5.69 Å². The summed E-state index contributed by atoms with van der Waals surface area (Å²) < 4.78 is 1.56. The molecule has 3 rings (SSSR count). The highest BCUT2D eigenvalue weighted by molar-refractivity contribution is 5.94. The average molecular weight is 309 g/mol. The first kappa shape index (κ1) is 15.4. The lowest BCUT2D eigenvalue weighted by atomic mass is 10.1. The van der Waals surface area contributed by atoms with Crippen LogP contribution in [0.1, 0.15) is 17.3 Å². The number of carbonyl (C=O) groups excluding carboxylic acids is 1. The Hall–Kier alpha value is -1.99. The second-order valence-corrected chi connectivity index (χ2v) is 4.85. The fourth-order valence-electron chi connectivity index (χ4n) is 2.34. The maximum Gasteiger partial charge on any atom is 0.254 e. The highest BCUT2D eigenvalue weighted by atomic mass is 35.5. The molecule has 1 atom stereocenters. The van der Waals surface area contributed by atoms with Crippen LogP contribution in [0, 0.1) is 0 Å². The predicted molar refractivity (Wildman–Crippen MR) is 79.8 cm³/mol. The minimum absolute atomic E-state index is 0. The number of hydrogen-bond donors (Lipinski definition) is 1. The Morgan fingerprint density at radius 3 is 2.71 bits per heavy atom. The van der Waals surface area contributed by atoms with Gasteiger partial charge in [-0.15, -0.1) is 17.5 Å². The summed E-state index contributed by atoms with van der Waals surface area (Å²) in [6.45, 7) is 4.49. The summed E-state index contributed by atoms with van der Waals surface area (Å²) in [6.07, 6.45) is 1.52. The maximum absolute atomic E-state index is 12.5. The number of halogens is 1. The molecule has 0 radical (unpaired) electrons. The number of benzene rings is 1. The predicted octanol–water partition coefficient (Wildman–Crippen LogP) is 0.518. The van der Waals surface area contributed by atoms with Gasteiger partial charge in [0.15, 0.2) is 0 Å². The number of hydrogen-bond acceptors (Lipinski definition) is 5. The molecule has 1 amide bonds. The van der Waals surface area contributed by atoms with E-state index in [1.807, 2.05) is 29.2 Å². The molecule has 8 heteroatoms. The van der Waals surface area contributed by atoms with Crippen molar-refractivity contribution < 1.29 is 4.79 Å². The van der Waals surface area contributed by atoms with E-state index in [-0.39, 0.29) is 24.4 Å². The van der Waals surface area contributed by atoms with E-state index in [2.05, 4.69) is 27.8 Å². The van der Waals surface area contributed by atoms with Gasteiger partial charge in [0.05, 0.1) is 5.69 Å². The highest BCUT2D eigenvalue weighted by Crippen LogP contribution is 2.13. The van der Waals surface area contributed by atoms with Gasteiger partial charge in [0.1, 0.15) is 6.33 Å². The van der Waals surface area contributed by atoms with Crippen molar-refractivity contribution in [3.05, 3.63) is 36.2 Å². The summed E-state index contributed by atoms with van der Waals surface area (Å²) in [5, 5.41) is 14.3. The molecule has 1 saturated heterocycles. The van der Waals surface area contributed by atoms with Gasteiger partial charge in [-0.25, -0.2) is 4.68 Å². The van der Waals surface area contributed by atoms with E-state index in [9.17, 15) is 4.79 Å². The zero-order valence-electron chi connectivity index (χ0n) is 11.6. The smallest absolute Gasteiger partial charge is 0.254 e. The highest BCUT2D eigenvalue weighted by Gasteiger charge is 2.23. The molecule has 1 aliphatic heterocycles. The van der Waals surface area contributed by atoms with Crippen molar-refractivity contribution in [1.82, 2.24) is 30.4 Å². The third kappa shape index (κ3) is 3.20. The quantitative estimate of drug-likeness (QED) is 0.875. The largest absolute Gasteiger partial charge is 0.333 e. The molecule has 112 valence electrons. The lowest BCUT2D eigenvalue weighted by Gasteiger charge is -2.34. The fraction of sp³-hybridized carbons (Fsp3) is 0.385. The minimum atomic E-state index is 0. The molecule has 0 saturated carbocycles. The van der Waals surface area contributed by atoms with Gasteiger partial charge in [0.25, 0.3) is 5.91 Å². The summed E-state index contributed by atoms with van der Waals surface area (Å²) in [6, 6.07) is 7.53. The molecule has 2 heterocycles. The third-order valence-electron chi connectivity index (χ3n) is 3.49. The second kappa shape index (κ2) is 6.64. The molecule has 0 bridgehead atoms.